The Labute approximate surface area is 248 Å². The van der Waals surface area contributed by atoms with Gasteiger partial charge in [0.15, 0.2) is 0 Å². The second kappa shape index (κ2) is 10.8. The summed E-state index contributed by atoms with van der Waals surface area (Å²) in [7, 11) is 0. The minimum atomic E-state index is -1.24. The van der Waals surface area contributed by atoms with Gasteiger partial charge in [-0.3, -0.25) is 14.4 Å². The van der Waals surface area contributed by atoms with Crippen LogP contribution in [0.4, 0.5) is 15.8 Å². The van der Waals surface area contributed by atoms with Crippen molar-refractivity contribution in [3.05, 3.63) is 93.2 Å². The lowest BCUT2D eigenvalue weighted by atomic mass is 9.62. The maximum absolute atomic E-state index is 15.9. The molecule has 0 unspecified atom stereocenters. The van der Waals surface area contributed by atoms with Crippen LogP contribution in [0.2, 0.25) is 10.0 Å². The number of carbonyl (C=O) groups excluding carboxylic acids is 2. The number of hydrogen-bond acceptors (Lipinski definition) is 3. The van der Waals surface area contributed by atoms with Crippen LogP contribution in [0.15, 0.2) is 60.7 Å². The van der Waals surface area contributed by atoms with E-state index in [1.807, 2.05) is 6.07 Å². The summed E-state index contributed by atoms with van der Waals surface area (Å²) in [6, 6.07) is 16.5. The molecule has 1 heterocycles. The van der Waals surface area contributed by atoms with Gasteiger partial charge in [-0.25, -0.2) is 4.39 Å². The van der Waals surface area contributed by atoms with Gasteiger partial charge in [-0.1, -0.05) is 74.3 Å². The Morgan fingerprint density at radius 3 is 2.46 bits per heavy atom. The fourth-order valence-electron chi connectivity index (χ4n) is 6.82. The number of carboxylic acids is 1. The molecule has 3 aromatic rings. The number of benzene rings is 3. The van der Waals surface area contributed by atoms with Gasteiger partial charge in [0.2, 0.25) is 11.8 Å². The summed E-state index contributed by atoms with van der Waals surface area (Å²) in [5, 5.41) is 15.4. The molecule has 41 heavy (non-hydrogen) atoms. The van der Waals surface area contributed by atoms with Gasteiger partial charge < -0.3 is 15.7 Å². The Hall–Kier alpha value is -3.42. The fraction of sp³-hybridized carbons (Fsp3) is 0.344. The zero-order valence-electron chi connectivity index (χ0n) is 22.9. The SMILES string of the molecule is CC(C)(C)C[C@@H]1C[C@@H](C(=O)Nc2ccc(CC(=O)O)cc2)[C@H](c2cccc(Cl)c2F)[C@]12C(=O)Nc1cc(Cl)ccc12. The third-order valence-electron chi connectivity index (χ3n) is 8.22. The highest BCUT2D eigenvalue weighted by atomic mass is 35.5. The molecule has 214 valence electrons. The Kier molecular flexibility index (Phi) is 7.64. The lowest BCUT2D eigenvalue weighted by molar-refractivity contribution is -0.136. The average Bonchev–Trinajstić information content (AvgIpc) is 3.35. The van der Waals surface area contributed by atoms with E-state index in [0.717, 1.165) is 0 Å². The Bertz CT molecular complexity index is 1540. The predicted octanol–water partition coefficient (Wildman–Crippen LogP) is 7.44. The summed E-state index contributed by atoms with van der Waals surface area (Å²) in [6.45, 7) is 6.24. The van der Waals surface area contributed by atoms with Gasteiger partial charge in [-0.2, -0.15) is 0 Å². The number of rotatable bonds is 6. The number of hydrogen-bond donors (Lipinski definition) is 3. The number of amides is 2. The second-order valence-electron chi connectivity index (χ2n) is 12.2. The summed E-state index contributed by atoms with van der Waals surface area (Å²) in [4.78, 5) is 39.3. The van der Waals surface area contributed by atoms with Crippen molar-refractivity contribution in [3.63, 3.8) is 0 Å². The van der Waals surface area contributed by atoms with Crippen LogP contribution in [0, 0.1) is 23.1 Å². The minimum Gasteiger partial charge on any atom is -0.481 e. The highest BCUT2D eigenvalue weighted by Gasteiger charge is 2.66. The van der Waals surface area contributed by atoms with Gasteiger partial charge in [0.25, 0.3) is 0 Å². The molecule has 1 aliphatic heterocycles. The smallest absolute Gasteiger partial charge is 0.307 e. The number of nitrogens with one attached hydrogen (secondary N) is 2. The van der Waals surface area contributed by atoms with Crippen LogP contribution < -0.4 is 10.6 Å². The Morgan fingerprint density at radius 1 is 1.10 bits per heavy atom. The van der Waals surface area contributed by atoms with Crippen LogP contribution in [0.5, 0.6) is 0 Å². The first-order valence-corrected chi connectivity index (χ1v) is 14.2. The van der Waals surface area contributed by atoms with E-state index in [-0.39, 0.29) is 40.2 Å². The molecule has 0 bridgehead atoms. The summed E-state index contributed by atoms with van der Waals surface area (Å²) >= 11 is 12.6. The Morgan fingerprint density at radius 2 is 1.80 bits per heavy atom. The van der Waals surface area contributed by atoms with Crippen LogP contribution in [0.3, 0.4) is 0 Å². The standard InChI is InChI=1S/C32H31Cl2FN2O4/c1-31(2,3)16-18-14-22(29(40)36-20-10-7-17(8-11-20)13-26(38)39)27(21-5-4-6-24(34)28(21)35)32(18)23-12-9-19(33)15-25(23)37-30(32)41/h4-12,15,18,22,27H,13-14,16H2,1-3H3,(H,36,40)(H,37,41)(H,38,39)/t18-,22+,27-,32-/m0/s1. The lowest BCUT2D eigenvalue weighted by Gasteiger charge is -2.39. The summed E-state index contributed by atoms with van der Waals surface area (Å²) in [5.74, 6) is -4.19. The number of aliphatic carboxylic acids is 1. The number of carboxylic acid groups (broad SMARTS) is 1. The molecule has 1 saturated carbocycles. The largest absolute Gasteiger partial charge is 0.481 e. The third kappa shape index (κ3) is 5.33. The Balaban J connectivity index is 1.65. The molecule has 6 nitrogen and oxygen atoms in total. The quantitative estimate of drug-likeness (QED) is 0.275. The van der Waals surface area contributed by atoms with Crippen LogP contribution >= 0.6 is 23.2 Å². The van der Waals surface area contributed by atoms with E-state index in [1.165, 1.54) is 6.07 Å². The van der Waals surface area contributed by atoms with Gasteiger partial charge in [-0.05, 0) is 71.2 Å². The van der Waals surface area contributed by atoms with E-state index >= 15 is 4.39 Å². The first-order chi connectivity index (χ1) is 19.3. The molecule has 1 spiro atoms. The maximum Gasteiger partial charge on any atom is 0.307 e. The van der Waals surface area contributed by atoms with Crippen LogP contribution in [0.1, 0.15) is 56.2 Å². The fourth-order valence-corrected chi connectivity index (χ4v) is 7.18. The van der Waals surface area contributed by atoms with Gasteiger partial charge in [0, 0.05) is 28.2 Å². The molecule has 9 heteroatoms. The topological polar surface area (TPSA) is 95.5 Å². The van der Waals surface area contributed by atoms with E-state index < -0.39 is 29.0 Å². The average molecular weight is 598 g/mol. The molecule has 3 N–H and O–H groups in total. The lowest BCUT2D eigenvalue weighted by Crippen LogP contribution is -2.45. The molecule has 3 aromatic carbocycles. The molecule has 0 radical (unpaired) electrons. The molecular weight excluding hydrogens is 566 g/mol. The van der Waals surface area contributed by atoms with Gasteiger partial charge in [-0.15, -0.1) is 0 Å². The number of fused-ring (bicyclic) bond motifs is 2. The highest BCUT2D eigenvalue weighted by Crippen LogP contribution is 2.64. The molecule has 1 aliphatic carbocycles. The van der Waals surface area contributed by atoms with Crippen molar-refractivity contribution in [1.29, 1.82) is 0 Å². The number of halogens is 3. The molecule has 0 saturated heterocycles. The van der Waals surface area contributed by atoms with Crippen molar-refractivity contribution in [2.45, 2.75) is 51.4 Å². The van der Waals surface area contributed by atoms with Crippen molar-refractivity contribution < 1.29 is 23.9 Å². The molecule has 2 amide bonds. The van der Waals surface area contributed by atoms with E-state index in [2.05, 4.69) is 31.4 Å². The second-order valence-corrected chi connectivity index (χ2v) is 13.0. The van der Waals surface area contributed by atoms with Crippen molar-refractivity contribution in [1.82, 2.24) is 0 Å². The zero-order chi connectivity index (χ0) is 29.7. The molecule has 2 aliphatic rings. The van der Waals surface area contributed by atoms with Gasteiger partial charge in [0.1, 0.15) is 5.82 Å². The highest BCUT2D eigenvalue weighted by molar-refractivity contribution is 6.31. The molecule has 0 aromatic heterocycles. The van der Waals surface area contributed by atoms with Gasteiger partial charge >= 0.3 is 5.97 Å². The van der Waals surface area contributed by atoms with Crippen molar-refractivity contribution in [2.75, 3.05) is 10.6 Å². The number of carbonyl (C=O) groups is 3. The van der Waals surface area contributed by atoms with E-state index in [4.69, 9.17) is 28.3 Å². The molecular formula is C32H31Cl2FN2O4. The van der Waals surface area contributed by atoms with Crippen LogP contribution in [-0.2, 0) is 26.2 Å². The maximum atomic E-state index is 15.9. The first kappa shape index (κ1) is 29.1. The summed E-state index contributed by atoms with van der Waals surface area (Å²) in [5.41, 5.74) is 1.09. The zero-order valence-corrected chi connectivity index (χ0v) is 24.4. The third-order valence-corrected chi connectivity index (χ3v) is 8.74. The van der Waals surface area contributed by atoms with Crippen LogP contribution in [-0.4, -0.2) is 22.9 Å². The van der Waals surface area contributed by atoms with E-state index in [1.54, 1.807) is 48.5 Å². The minimum absolute atomic E-state index is 0.0835. The summed E-state index contributed by atoms with van der Waals surface area (Å²) < 4.78 is 15.9. The van der Waals surface area contributed by atoms with Crippen molar-refractivity contribution >= 4 is 52.4 Å². The van der Waals surface area contributed by atoms with Gasteiger partial charge in [0.05, 0.1) is 16.9 Å². The summed E-state index contributed by atoms with van der Waals surface area (Å²) in [6.07, 6.45) is 0.809. The predicted molar refractivity (Wildman–Crippen MR) is 158 cm³/mol. The molecule has 1 fully saturated rings. The number of anilines is 2. The molecule has 5 rings (SSSR count). The van der Waals surface area contributed by atoms with E-state index in [9.17, 15) is 14.4 Å². The normalized spacial score (nSPS) is 23.4. The van der Waals surface area contributed by atoms with Crippen molar-refractivity contribution in [3.8, 4) is 0 Å². The monoisotopic (exact) mass is 596 g/mol. The van der Waals surface area contributed by atoms with Crippen LogP contribution in [0.25, 0.3) is 0 Å². The van der Waals surface area contributed by atoms with Crippen molar-refractivity contribution in [2.24, 2.45) is 17.3 Å². The van der Waals surface area contributed by atoms with E-state index in [0.29, 0.717) is 40.4 Å². The first-order valence-electron chi connectivity index (χ1n) is 13.5. The molecule has 4 atom stereocenters.